The summed E-state index contributed by atoms with van der Waals surface area (Å²) in [6.07, 6.45) is 7.72. The number of nitrogens with zero attached hydrogens (tertiary/aromatic N) is 5. The topological polar surface area (TPSA) is 142 Å². The molecular weight excluding hydrogens is 531 g/mol. The number of rotatable bonds is 9. The van der Waals surface area contributed by atoms with Gasteiger partial charge in [-0.15, -0.1) is 0 Å². The van der Waals surface area contributed by atoms with Crippen molar-refractivity contribution in [3.8, 4) is 17.0 Å². The van der Waals surface area contributed by atoms with Gasteiger partial charge in [0.25, 0.3) is 5.88 Å². The second-order valence-corrected chi connectivity index (χ2v) is 10.3. The van der Waals surface area contributed by atoms with Gasteiger partial charge in [0.05, 0.1) is 18.9 Å². The molecule has 1 fully saturated rings. The molecule has 0 aliphatic carbocycles. The first-order valence-electron chi connectivity index (χ1n) is 13.3. The van der Waals surface area contributed by atoms with Crippen molar-refractivity contribution in [2.24, 2.45) is 4.99 Å². The van der Waals surface area contributed by atoms with Crippen molar-refractivity contribution in [3.63, 3.8) is 0 Å². The molecule has 0 saturated carbocycles. The number of halogens is 1. The van der Waals surface area contributed by atoms with E-state index in [2.05, 4.69) is 30.2 Å². The maximum atomic E-state index is 14.8. The molecule has 0 amide bonds. The number of hydrogen-bond acceptors (Lipinski definition) is 10. The third kappa shape index (κ3) is 6.71. The van der Waals surface area contributed by atoms with Gasteiger partial charge < -0.3 is 29.9 Å². The molecule has 0 bridgehead atoms. The van der Waals surface area contributed by atoms with Crippen LogP contribution in [0, 0.1) is 5.82 Å². The molecule has 3 N–H and O–H groups in total. The number of aliphatic imine (C=N–C) groups is 1. The van der Waals surface area contributed by atoms with Gasteiger partial charge in [0.15, 0.2) is 17.2 Å². The summed E-state index contributed by atoms with van der Waals surface area (Å²) in [5.74, 6) is 0.476. The molecule has 2 aromatic heterocycles. The van der Waals surface area contributed by atoms with Gasteiger partial charge >= 0.3 is 5.97 Å². The minimum atomic E-state index is -1.46. The number of carboxylic acid groups (broad SMARTS) is 1. The number of allylic oxidation sites excluding steroid dienone is 1. The molecule has 12 heteroatoms. The van der Waals surface area contributed by atoms with Crippen molar-refractivity contribution >= 4 is 29.6 Å². The number of aliphatic hydroxyl groups is 1. The first kappa shape index (κ1) is 27.8. The van der Waals surface area contributed by atoms with Gasteiger partial charge in [0.2, 0.25) is 0 Å². The Labute approximate surface area is 236 Å². The monoisotopic (exact) mass is 562 g/mol. The molecule has 0 radical (unpaired) electrons. The van der Waals surface area contributed by atoms with E-state index < -0.39 is 17.4 Å². The highest BCUT2D eigenvalue weighted by Gasteiger charge is 2.29. The molecule has 1 atom stereocenters. The largest absolute Gasteiger partial charge is 0.507 e. The zero-order chi connectivity index (χ0) is 29.0. The molecule has 2 aliphatic heterocycles. The number of ether oxygens (including phenoxy) is 2. The summed E-state index contributed by atoms with van der Waals surface area (Å²) in [7, 11) is 0. The Hall–Kier alpha value is -4.74. The SMILES string of the molecule is CC(C)(Oc1cccc(-c2nc(Nc3cncc(N4CCCC(OC5=C(O)CCC=N5)C4)n3)ccc2F)c1)C(=O)O. The molecule has 5 rings (SSSR count). The summed E-state index contributed by atoms with van der Waals surface area (Å²) in [5, 5.41) is 22.5. The lowest BCUT2D eigenvalue weighted by molar-refractivity contribution is -0.152. The number of carbonyl (C=O) groups is 1. The number of benzene rings is 1. The summed E-state index contributed by atoms with van der Waals surface area (Å²) in [6.45, 7) is 4.19. The molecule has 0 spiro atoms. The standard InChI is InChI=1S/C29H31FN6O5/c1-29(2,28(38)39)41-19-7-3-6-18(14-19)26-21(30)10-11-23(35-26)33-24-15-31-16-25(34-24)36-13-5-8-20(17-36)40-27-22(37)9-4-12-32-27/h3,6-7,10-12,14-16,20,37H,4-5,8-9,13,17H2,1-2H3,(H,38,39)(H,33,34,35). The van der Waals surface area contributed by atoms with Crippen molar-refractivity contribution in [2.75, 3.05) is 23.3 Å². The fraction of sp³-hybridized carbons (Fsp3) is 0.345. The van der Waals surface area contributed by atoms with Crippen LogP contribution in [0.3, 0.4) is 0 Å². The average Bonchev–Trinajstić information content (AvgIpc) is 2.95. The number of aliphatic hydroxyl groups excluding tert-OH is 1. The Bertz CT molecular complexity index is 1490. The van der Waals surface area contributed by atoms with Crippen LogP contribution in [-0.4, -0.2) is 62.1 Å². The van der Waals surface area contributed by atoms with Crippen LogP contribution in [0.4, 0.5) is 21.8 Å². The number of aliphatic carboxylic acids is 1. The first-order chi connectivity index (χ1) is 19.7. The number of pyridine rings is 1. The number of carboxylic acids is 1. The minimum Gasteiger partial charge on any atom is -0.507 e. The van der Waals surface area contributed by atoms with Gasteiger partial charge in [-0.1, -0.05) is 12.1 Å². The van der Waals surface area contributed by atoms with Crippen LogP contribution in [0.25, 0.3) is 11.3 Å². The van der Waals surface area contributed by atoms with Crippen molar-refractivity contribution in [3.05, 3.63) is 66.3 Å². The third-order valence-electron chi connectivity index (χ3n) is 6.67. The molecular formula is C29H31FN6O5. The fourth-order valence-electron chi connectivity index (χ4n) is 4.49. The molecule has 1 aromatic carbocycles. The number of anilines is 3. The normalized spacial score (nSPS) is 17.3. The fourth-order valence-corrected chi connectivity index (χ4v) is 4.49. The molecule has 4 heterocycles. The zero-order valence-electron chi connectivity index (χ0n) is 22.7. The third-order valence-corrected chi connectivity index (χ3v) is 6.67. The maximum Gasteiger partial charge on any atom is 0.347 e. The van der Waals surface area contributed by atoms with Crippen LogP contribution in [0.2, 0.25) is 0 Å². The van der Waals surface area contributed by atoms with E-state index in [0.29, 0.717) is 42.4 Å². The summed E-state index contributed by atoms with van der Waals surface area (Å²) < 4.78 is 26.4. The highest BCUT2D eigenvalue weighted by atomic mass is 19.1. The smallest absolute Gasteiger partial charge is 0.347 e. The Kier molecular flexibility index (Phi) is 7.99. The summed E-state index contributed by atoms with van der Waals surface area (Å²) in [5.41, 5.74) is -0.967. The number of hydrogen-bond donors (Lipinski definition) is 3. The van der Waals surface area contributed by atoms with Crippen LogP contribution in [0.1, 0.15) is 39.5 Å². The lowest BCUT2D eigenvalue weighted by Gasteiger charge is -2.33. The van der Waals surface area contributed by atoms with Crippen LogP contribution in [0.15, 0.2) is 65.4 Å². The van der Waals surface area contributed by atoms with E-state index in [-0.39, 0.29) is 29.2 Å². The molecule has 41 heavy (non-hydrogen) atoms. The van der Waals surface area contributed by atoms with Crippen molar-refractivity contribution in [1.82, 2.24) is 15.0 Å². The molecule has 2 aliphatic rings. The van der Waals surface area contributed by atoms with E-state index in [1.807, 2.05) is 0 Å². The van der Waals surface area contributed by atoms with Crippen molar-refractivity contribution in [1.29, 1.82) is 0 Å². The molecule has 3 aromatic rings. The van der Waals surface area contributed by atoms with Gasteiger partial charge in [-0.3, -0.25) is 4.98 Å². The second kappa shape index (κ2) is 11.8. The zero-order valence-corrected chi connectivity index (χ0v) is 22.7. The predicted molar refractivity (Wildman–Crippen MR) is 151 cm³/mol. The van der Waals surface area contributed by atoms with Crippen LogP contribution in [0.5, 0.6) is 5.75 Å². The first-order valence-corrected chi connectivity index (χ1v) is 13.3. The quantitative estimate of drug-likeness (QED) is 0.317. The van der Waals surface area contributed by atoms with E-state index >= 15 is 0 Å². The van der Waals surface area contributed by atoms with Gasteiger partial charge in [0.1, 0.15) is 35.0 Å². The van der Waals surface area contributed by atoms with Gasteiger partial charge in [-0.2, -0.15) is 0 Å². The highest BCUT2D eigenvalue weighted by molar-refractivity contribution is 5.77. The predicted octanol–water partition coefficient (Wildman–Crippen LogP) is 5.24. The number of aromatic nitrogens is 3. The van der Waals surface area contributed by atoms with E-state index in [9.17, 15) is 19.4 Å². The van der Waals surface area contributed by atoms with Gasteiger partial charge in [-0.25, -0.2) is 24.1 Å². The van der Waals surface area contributed by atoms with Crippen molar-refractivity contribution in [2.45, 2.75) is 51.2 Å². The summed E-state index contributed by atoms with van der Waals surface area (Å²) >= 11 is 0. The number of nitrogens with one attached hydrogen (secondary N) is 1. The van der Waals surface area contributed by atoms with Gasteiger partial charge in [-0.05, 0) is 57.4 Å². The number of piperidine rings is 1. The summed E-state index contributed by atoms with van der Waals surface area (Å²) in [6, 6.07) is 9.25. The minimum absolute atomic E-state index is 0.0663. The Morgan fingerprint density at radius 1 is 1.17 bits per heavy atom. The van der Waals surface area contributed by atoms with Crippen LogP contribution >= 0.6 is 0 Å². The van der Waals surface area contributed by atoms with E-state index in [4.69, 9.17) is 9.47 Å². The Balaban J connectivity index is 1.30. The molecule has 11 nitrogen and oxygen atoms in total. The second-order valence-electron chi connectivity index (χ2n) is 10.3. The molecule has 1 saturated heterocycles. The van der Waals surface area contributed by atoms with E-state index in [1.54, 1.807) is 42.9 Å². The highest BCUT2D eigenvalue weighted by Crippen LogP contribution is 2.29. The molecule has 1 unspecified atom stereocenters. The lowest BCUT2D eigenvalue weighted by atomic mass is 10.1. The van der Waals surface area contributed by atoms with E-state index in [1.165, 1.54) is 26.0 Å². The Morgan fingerprint density at radius 3 is 2.83 bits per heavy atom. The van der Waals surface area contributed by atoms with Crippen LogP contribution < -0.4 is 15.0 Å². The summed E-state index contributed by atoms with van der Waals surface area (Å²) in [4.78, 5) is 31.1. The maximum absolute atomic E-state index is 14.8. The Morgan fingerprint density at radius 2 is 2.02 bits per heavy atom. The molecule has 214 valence electrons. The van der Waals surface area contributed by atoms with E-state index in [0.717, 1.165) is 19.4 Å². The average molecular weight is 563 g/mol. The van der Waals surface area contributed by atoms with Crippen molar-refractivity contribution < 1.29 is 28.9 Å². The lowest BCUT2D eigenvalue weighted by Crippen LogP contribution is -2.40. The van der Waals surface area contributed by atoms with Gasteiger partial charge in [0, 0.05) is 24.7 Å². The van der Waals surface area contributed by atoms with Crippen LogP contribution in [-0.2, 0) is 9.53 Å².